The molecule has 21 heavy (non-hydrogen) atoms. The predicted octanol–water partition coefficient (Wildman–Crippen LogP) is 2.47. The maximum atomic E-state index is 12.0. The quantitative estimate of drug-likeness (QED) is 0.652. The Morgan fingerprint density at radius 2 is 1.90 bits per heavy atom. The van der Waals surface area contributed by atoms with Gasteiger partial charge in [0.25, 0.3) is 0 Å². The van der Waals surface area contributed by atoms with Gasteiger partial charge in [-0.2, -0.15) is 8.78 Å². The molecule has 6 heteroatoms. The number of carbonyl (C=O) groups excluding carboxylic acids is 1. The molecule has 0 spiro atoms. The number of benzene rings is 1. The van der Waals surface area contributed by atoms with E-state index in [4.69, 9.17) is 5.73 Å². The Bertz CT molecular complexity index is 411. The number of amides is 1. The van der Waals surface area contributed by atoms with Crippen molar-refractivity contribution in [3.8, 4) is 5.75 Å². The van der Waals surface area contributed by atoms with Crippen molar-refractivity contribution in [1.82, 2.24) is 5.32 Å². The number of halogens is 2. The summed E-state index contributed by atoms with van der Waals surface area (Å²) in [6.45, 7) is -1.62. The van der Waals surface area contributed by atoms with Crippen LogP contribution in [0.4, 0.5) is 8.78 Å². The lowest BCUT2D eigenvalue weighted by atomic mass is 10.1. The van der Waals surface area contributed by atoms with Gasteiger partial charge in [-0.1, -0.05) is 18.6 Å². The summed E-state index contributed by atoms with van der Waals surface area (Å²) in [7, 11) is 0. The summed E-state index contributed by atoms with van der Waals surface area (Å²) in [6, 6.07) is 6.42. The van der Waals surface area contributed by atoms with Gasteiger partial charge in [-0.25, -0.2) is 0 Å². The molecule has 1 aromatic carbocycles. The third-order valence-electron chi connectivity index (χ3n) is 2.99. The fraction of sp³-hybridized carbons (Fsp3) is 0.533. The number of unbranched alkanes of at least 4 members (excludes halogenated alkanes) is 2. The minimum atomic E-state index is -2.81. The molecule has 0 atom stereocenters. The molecule has 0 fully saturated rings. The Labute approximate surface area is 123 Å². The maximum absolute atomic E-state index is 12.0. The minimum Gasteiger partial charge on any atom is -0.435 e. The van der Waals surface area contributed by atoms with Gasteiger partial charge in [0.15, 0.2) is 0 Å². The van der Waals surface area contributed by atoms with E-state index in [1.807, 2.05) is 0 Å². The van der Waals surface area contributed by atoms with Gasteiger partial charge in [0.05, 0.1) is 0 Å². The van der Waals surface area contributed by atoms with E-state index in [9.17, 15) is 13.6 Å². The van der Waals surface area contributed by atoms with Crippen molar-refractivity contribution >= 4 is 5.91 Å². The Balaban J connectivity index is 2.18. The van der Waals surface area contributed by atoms with Crippen LogP contribution >= 0.6 is 0 Å². The van der Waals surface area contributed by atoms with E-state index < -0.39 is 6.61 Å². The van der Waals surface area contributed by atoms with Gasteiger partial charge in [0, 0.05) is 13.0 Å². The van der Waals surface area contributed by atoms with E-state index in [1.54, 1.807) is 12.1 Å². The molecule has 0 radical (unpaired) electrons. The molecule has 3 N–H and O–H groups in total. The van der Waals surface area contributed by atoms with Crippen LogP contribution in [0.3, 0.4) is 0 Å². The zero-order valence-corrected chi connectivity index (χ0v) is 12.0. The van der Waals surface area contributed by atoms with Gasteiger partial charge in [0.2, 0.25) is 5.91 Å². The fourth-order valence-corrected chi connectivity index (χ4v) is 1.88. The van der Waals surface area contributed by atoms with E-state index >= 15 is 0 Å². The molecule has 0 aliphatic heterocycles. The predicted molar refractivity (Wildman–Crippen MR) is 77.3 cm³/mol. The van der Waals surface area contributed by atoms with Crippen molar-refractivity contribution in [3.05, 3.63) is 29.8 Å². The molecular weight excluding hydrogens is 278 g/mol. The van der Waals surface area contributed by atoms with Crippen LogP contribution in [0.5, 0.6) is 5.75 Å². The first-order valence-electron chi connectivity index (χ1n) is 7.12. The van der Waals surface area contributed by atoms with Crippen molar-refractivity contribution in [3.63, 3.8) is 0 Å². The number of hydrogen-bond acceptors (Lipinski definition) is 3. The normalized spacial score (nSPS) is 10.7. The Kier molecular flexibility index (Phi) is 8.35. The monoisotopic (exact) mass is 300 g/mol. The van der Waals surface area contributed by atoms with Crippen LogP contribution in [0.25, 0.3) is 0 Å². The van der Waals surface area contributed by atoms with Gasteiger partial charge < -0.3 is 15.8 Å². The van der Waals surface area contributed by atoms with Crippen LogP contribution in [0.2, 0.25) is 0 Å². The standard InChI is InChI=1S/C15H22F2N2O2/c16-15(17)21-13-7-5-12(6-8-13)9-11-19-14(20)4-2-1-3-10-18/h5-8,15H,1-4,9-11,18H2,(H,19,20). The SMILES string of the molecule is NCCCCCC(=O)NCCc1ccc(OC(F)F)cc1. The molecule has 0 aliphatic rings. The molecule has 4 nitrogen and oxygen atoms in total. The second-order valence-corrected chi connectivity index (χ2v) is 4.72. The summed E-state index contributed by atoms with van der Waals surface area (Å²) >= 11 is 0. The van der Waals surface area contributed by atoms with Gasteiger partial charge in [-0.05, 0) is 43.5 Å². The van der Waals surface area contributed by atoms with Gasteiger partial charge >= 0.3 is 6.61 Å². The van der Waals surface area contributed by atoms with Crippen molar-refractivity contribution in [2.24, 2.45) is 5.73 Å². The van der Waals surface area contributed by atoms with Gasteiger partial charge in [-0.3, -0.25) is 4.79 Å². The molecule has 1 rings (SSSR count). The van der Waals surface area contributed by atoms with Crippen LogP contribution in [0.15, 0.2) is 24.3 Å². The highest BCUT2D eigenvalue weighted by Crippen LogP contribution is 2.14. The first-order valence-corrected chi connectivity index (χ1v) is 7.12. The molecule has 0 aliphatic carbocycles. The Morgan fingerprint density at radius 3 is 2.52 bits per heavy atom. The Morgan fingerprint density at radius 1 is 1.19 bits per heavy atom. The van der Waals surface area contributed by atoms with E-state index in [1.165, 1.54) is 12.1 Å². The summed E-state index contributed by atoms with van der Waals surface area (Å²) in [4.78, 5) is 11.5. The zero-order valence-electron chi connectivity index (χ0n) is 12.0. The summed E-state index contributed by atoms with van der Waals surface area (Å²) < 4.78 is 28.2. The van der Waals surface area contributed by atoms with E-state index in [0.717, 1.165) is 24.8 Å². The number of hydrogen-bond donors (Lipinski definition) is 2. The van der Waals surface area contributed by atoms with E-state index in [0.29, 0.717) is 25.9 Å². The highest BCUT2D eigenvalue weighted by atomic mass is 19.3. The summed E-state index contributed by atoms with van der Waals surface area (Å²) in [5.41, 5.74) is 6.33. The largest absolute Gasteiger partial charge is 0.435 e. The molecule has 0 aromatic heterocycles. The molecule has 1 amide bonds. The molecule has 0 unspecified atom stereocenters. The van der Waals surface area contributed by atoms with Crippen molar-refractivity contribution in [1.29, 1.82) is 0 Å². The lowest BCUT2D eigenvalue weighted by Crippen LogP contribution is -2.25. The average Bonchev–Trinajstić information content (AvgIpc) is 2.45. The van der Waals surface area contributed by atoms with Crippen LogP contribution in [0.1, 0.15) is 31.2 Å². The summed E-state index contributed by atoms with van der Waals surface area (Å²) in [5.74, 6) is 0.169. The van der Waals surface area contributed by atoms with Crippen molar-refractivity contribution in [2.75, 3.05) is 13.1 Å². The fourth-order valence-electron chi connectivity index (χ4n) is 1.88. The second kappa shape index (κ2) is 10.1. The molecule has 118 valence electrons. The minimum absolute atomic E-state index is 0.0321. The topological polar surface area (TPSA) is 64.4 Å². The number of nitrogens with two attached hydrogens (primary N) is 1. The number of alkyl halides is 2. The first kappa shape index (κ1) is 17.4. The molecule has 0 saturated carbocycles. The van der Waals surface area contributed by atoms with E-state index in [2.05, 4.69) is 10.1 Å². The maximum Gasteiger partial charge on any atom is 0.387 e. The highest BCUT2D eigenvalue weighted by molar-refractivity contribution is 5.75. The lowest BCUT2D eigenvalue weighted by molar-refractivity contribution is -0.121. The van der Waals surface area contributed by atoms with Gasteiger partial charge in [-0.15, -0.1) is 0 Å². The van der Waals surface area contributed by atoms with Crippen LogP contribution in [0, 0.1) is 0 Å². The molecular formula is C15H22F2N2O2. The van der Waals surface area contributed by atoms with Crippen molar-refractivity contribution in [2.45, 2.75) is 38.7 Å². The zero-order chi connectivity index (χ0) is 15.5. The summed E-state index contributed by atoms with van der Waals surface area (Å²) in [6.07, 6.45) is 3.93. The Hall–Kier alpha value is -1.69. The summed E-state index contributed by atoms with van der Waals surface area (Å²) in [5, 5.41) is 2.83. The van der Waals surface area contributed by atoms with Crippen LogP contribution in [-0.4, -0.2) is 25.6 Å². The van der Waals surface area contributed by atoms with Crippen LogP contribution in [-0.2, 0) is 11.2 Å². The van der Waals surface area contributed by atoms with Gasteiger partial charge in [0.1, 0.15) is 5.75 Å². The van der Waals surface area contributed by atoms with Crippen LogP contribution < -0.4 is 15.8 Å². The average molecular weight is 300 g/mol. The van der Waals surface area contributed by atoms with Crippen molar-refractivity contribution < 1.29 is 18.3 Å². The number of ether oxygens (including phenoxy) is 1. The third-order valence-corrected chi connectivity index (χ3v) is 2.99. The third kappa shape index (κ3) is 8.24. The highest BCUT2D eigenvalue weighted by Gasteiger charge is 2.04. The second-order valence-electron chi connectivity index (χ2n) is 4.72. The molecule has 0 heterocycles. The smallest absolute Gasteiger partial charge is 0.387 e. The molecule has 0 bridgehead atoms. The first-order chi connectivity index (χ1) is 10.1. The molecule has 0 saturated heterocycles. The molecule has 1 aromatic rings. The number of rotatable bonds is 10. The lowest BCUT2D eigenvalue weighted by Gasteiger charge is -2.07. The number of nitrogens with one attached hydrogen (secondary N) is 1. The number of carbonyl (C=O) groups is 1. The van der Waals surface area contributed by atoms with E-state index in [-0.39, 0.29) is 11.7 Å².